The fourth-order valence-corrected chi connectivity index (χ4v) is 5.79. The van der Waals surface area contributed by atoms with E-state index in [4.69, 9.17) is 10.5 Å². The Morgan fingerprint density at radius 3 is 2.46 bits per heavy atom. The number of methoxy groups -OCH3 is 1. The molecule has 0 aliphatic carbocycles. The first kappa shape index (κ1) is 23.0. The molecule has 35 heavy (non-hydrogen) atoms. The highest BCUT2D eigenvalue weighted by molar-refractivity contribution is 6.15. The van der Waals surface area contributed by atoms with Crippen LogP contribution in [0.2, 0.25) is 0 Å². The molecule has 0 bridgehead atoms. The highest BCUT2D eigenvalue weighted by Gasteiger charge is 2.70. The summed E-state index contributed by atoms with van der Waals surface area (Å²) in [5.74, 6) is -2.63. The lowest BCUT2D eigenvalue weighted by molar-refractivity contribution is -0.143. The van der Waals surface area contributed by atoms with Crippen LogP contribution in [-0.2, 0) is 31.3 Å². The van der Waals surface area contributed by atoms with Crippen LogP contribution in [0.5, 0.6) is 5.75 Å². The van der Waals surface area contributed by atoms with Gasteiger partial charge in [0.15, 0.2) is 0 Å². The second kappa shape index (κ2) is 8.20. The number of benzene rings is 2. The summed E-state index contributed by atoms with van der Waals surface area (Å²) >= 11 is 0. The molecular weight excluding hydrogens is 448 g/mol. The van der Waals surface area contributed by atoms with Crippen molar-refractivity contribution in [2.24, 2.45) is 17.6 Å². The summed E-state index contributed by atoms with van der Waals surface area (Å²) in [5, 5.41) is 6.29. The van der Waals surface area contributed by atoms with Crippen molar-refractivity contribution in [3.05, 3.63) is 58.7 Å². The summed E-state index contributed by atoms with van der Waals surface area (Å²) in [4.78, 5) is 53.9. The standard InChI is InChI=1S/C26H28N4O5/c1-13-4-9-17-22(14(13)2)28-25(34)26(17)21-20(18(29-26)10-11-19(27)31)23(32)30(24(21)33)12-15-5-7-16(35-3)8-6-15/h4-9,18,20-21,29H,10-12H2,1-3H3,(H2,27,31)(H,28,34)/t18-,20-,21-,26-/m0/s1. The summed E-state index contributed by atoms with van der Waals surface area (Å²) in [7, 11) is 1.57. The molecule has 4 amide bonds. The first-order chi connectivity index (χ1) is 16.7. The first-order valence-corrected chi connectivity index (χ1v) is 11.6. The van der Waals surface area contributed by atoms with Gasteiger partial charge < -0.3 is 15.8 Å². The van der Waals surface area contributed by atoms with Crippen molar-refractivity contribution in [1.29, 1.82) is 0 Å². The second-order valence-corrected chi connectivity index (χ2v) is 9.56. The minimum atomic E-state index is -1.39. The van der Waals surface area contributed by atoms with Gasteiger partial charge in [-0.25, -0.2) is 0 Å². The van der Waals surface area contributed by atoms with Crippen molar-refractivity contribution < 1.29 is 23.9 Å². The summed E-state index contributed by atoms with van der Waals surface area (Å²) in [5.41, 5.74) is 8.03. The van der Waals surface area contributed by atoms with E-state index in [0.29, 0.717) is 17.0 Å². The van der Waals surface area contributed by atoms with Gasteiger partial charge in [0.05, 0.1) is 25.5 Å². The zero-order valence-corrected chi connectivity index (χ0v) is 19.9. The van der Waals surface area contributed by atoms with Crippen LogP contribution in [0.4, 0.5) is 5.69 Å². The van der Waals surface area contributed by atoms with E-state index in [1.54, 1.807) is 31.4 Å². The third kappa shape index (κ3) is 3.33. The molecule has 2 aromatic rings. The van der Waals surface area contributed by atoms with Crippen LogP contribution in [0.15, 0.2) is 36.4 Å². The summed E-state index contributed by atoms with van der Waals surface area (Å²) in [6, 6.07) is 10.4. The van der Waals surface area contributed by atoms with Gasteiger partial charge in [0, 0.05) is 23.7 Å². The zero-order chi connectivity index (χ0) is 25.1. The van der Waals surface area contributed by atoms with Crippen molar-refractivity contribution in [3.63, 3.8) is 0 Å². The van der Waals surface area contributed by atoms with Gasteiger partial charge in [-0.05, 0) is 49.1 Å². The molecule has 9 nitrogen and oxygen atoms in total. The van der Waals surface area contributed by atoms with Gasteiger partial charge in [-0.1, -0.05) is 24.3 Å². The molecular formula is C26H28N4O5. The summed E-state index contributed by atoms with van der Waals surface area (Å²) in [6.07, 6.45) is 0.291. The molecule has 0 radical (unpaired) electrons. The number of nitrogens with one attached hydrogen (secondary N) is 2. The van der Waals surface area contributed by atoms with Crippen LogP contribution in [0.3, 0.4) is 0 Å². The van der Waals surface area contributed by atoms with E-state index in [2.05, 4.69) is 10.6 Å². The Labute approximate surface area is 203 Å². The van der Waals surface area contributed by atoms with Gasteiger partial charge in [-0.3, -0.25) is 29.4 Å². The molecule has 0 unspecified atom stereocenters. The lowest BCUT2D eigenvalue weighted by Gasteiger charge is -2.29. The Morgan fingerprint density at radius 2 is 1.80 bits per heavy atom. The molecule has 0 saturated carbocycles. The maximum absolute atomic E-state index is 13.8. The predicted molar refractivity (Wildman–Crippen MR) is 127 cm³/mol. The van der Waals surface area contributed by atoms with Gasteiger partial charge >= 0.3 is 0 Å². The van der Waals surface area contributed by atoms with Crippen LogP contribution < -0.4 is 21.1 Å². The van der Waals surface area contributed by atoms with Crippen molar-refractivity contribution >= 4 is 29.3 Å². The number of nitrogens with zero attached hydrogens (tertiary/aromatic N) is 1. The average molecular weight is 477 g/mol. The number of amides is 4. The number of primary amides is 1. The molecule has 2 fully saturated rings. The molecule has 5 rings (SSSR count). The summed E-state index contributed by atoms with van der Waals surface area (Å²) in [6.45, 7) is 3.96. The fraction of sp³-hybridized carbons (Fsp3) is 0.385. The number of carbonyl (C=O) groups excluding carboxylic acids is 4. The Hall–Kier alpha value is -3.72. The van der Waals surface area contributed by atoms with Crippen molar-refractivity contribution in [2.45, 2.75) is 44.8 Å². The number of hydrogen-bond acceptors (Lipinski definition) is 6. The third-order valence-corrected chi connectivity index (χ3v) is 7.71. The molecule has 4 atom stereocenters. The molecule has 3 aliphatic heterocycles. The molecule has 4 N–H and O–H groups in total. The average Bonchev–Trinajstić information content (AvgIpc) is 3.41. The van der Waals surface area contributed by atoms with E-state index in [1.807, 2.05) is 26.0 Å². The van der Waals surface area contributed by atoms with Gasteiger partial charge in [0.1, 0.15) is 11.3 Å². The lowest BCUT2D eigenvalue weighted by Crippen LogP contribution is -2.53. The number of likely N-dealkylation sites (tertiary alicyclic amines) is 1. The number of hydrogen-bond donors (Lipinski definition) is 3. The van der Waals surface area contributed by atoms with Gasteiger partial charge in [-0.2, -0.15) is 0 Å². The number of anilines is 1. The predicted octanol–water partition coefficient (Wildman–Crippen LogP) is 1.50. The maximum atomic E-state index is 13.8. The molecule has 1 spiro atoms. The van der Waals surface area contributed by atoms with E-state index in [9.17, 15) is 19.2 Å². The first-order valence-electron chi connectivity index (χ1n) is 11.6. The monoisotopic (exact) mass is 476 g/mol. The van der Waals surface area contributed by atoms with E-state index < -0.39 is 35.2 Å². The van der Waals surface area contributed by atoms with Gasteiger partial charge in [0.2, 0.25) is 23.6 Å². The Morgan fingerprint density at radius 1 is 1.09 bits per heavy atom. The van der Waals surface area contributed by atoms with Crippen LogP contribution >= 0.6 is 0 Å². The smallest absolute Gasteiger partial charge is 0.250 e. The SMILES string of the molecule is COc1ccc(CN2C(=O)[C@H]3[C@H](CCC(N)=O)N[C@]4(C(=O)Nc5c4ccc(C)c5C)[C@@H]3C2=O)cc1. The quantitative estimate of drug-likeness (QED) is 0.542. The maximum Gasteiger partial charge on any atom is 0.250 e. The van der Waals surface area contributed by atoms with E-state index >= 15 is 0 Å². The lowest BCUT2D eigenvalue weighted by atomic mass is 9.76. The van der Waals surface area contributed by atoms with E-state index in [1.165, 1.54) is 4.90 Å². The van der Waals surface area contributed by atoms with E-state index in [0.717, 1.165) is 16.7 Å². The van der Waals surface area contributed by atoms with Gasteiger partial charge in [0.25, 0.3) is 0 Å². The molecule has 2 aromatic carbocycles. The van der Waals surface area contributed by atoms with Crippen LogP contribution in [0, 0.1) is 25.7 Å². The van der Waals surface area contributed by atoms with Crippen molar-refractivity contribution in [1.82, 2.24) is 10.2 Å². The largest absolute Gasteiger partial charge is 0.497 e. The Bertz CT molecular complexity index is 1260. The highest BCUT2D eigenvalue weighted by atomic mass is 16.5. The van der Waals surface area contributed by atoms with Crippen LogP contribution in [0.25, 0.3) is 0 Å². The number of carbonyl (C=O) groups is 4. The normalized spacial score (nSPS) is 26.8. The third-order valence-electron chi connectivity index (χ3n) is 7.71. The molecule has 3 heterocycles. The number of ether oxygens (including phenoxy) is 1. The molecule has 3 aliphatic rings. The number of imide groups is 1. The summed E-state index contributed by atoms with van der Waals surface area (Å²) < 4.78 is 5.19. The number of aryl methyl sites for hydroxylation is 1. The zero-order valence-electron chi connectivity index (χ0n) is 19.9. The molecule has 0 aromatic heterocycles. The minimum Gasteiger partial charge on any atom is -0.497 e. The number of rotatable bonds is 6. The van der Waals surface area contributed by atoms with Crippen molar-refractivity contribution in [3.8, 4) is 5.75 Å². The second-order valence-electron chi connectivity index (χ2n) is 9.56. The van der Waals surface area contributed by atoms with Crippen LogP contribution in [-0.4, -0.2) is 41.7 Å². The highest BCUT2D eigenvalue weighted by Crippen LogP contribution is 2.54. The van der Waals surface area contributed by atoms with Gasteiger partial charge in [-0.15, -0.1) is 0 Å². The van der Waals surface area contributed by atoms with Crippen molar-refractivity contribution in [2.75, 3.05) is 12.4 Å². The van der Waals surface area contributed by atoms with Crippen LogP contribution in [0.1, 0.15) is 35.1 Å². The molecule has 2 saturated heterocycles. The molecule has 9 heteroatoms. The van der Waals surface area contributed by atoms with E-state index in [-0.39, 0.29) is 31.2 Å². The Kier molecular flexibility index (Phi) is 5.40. The Balaban J connectivity index is 1.57. The topological polar surface area (TPSA) is 131 Å². The molecule has 182 valence electrons. The fourth-order valence-electron chi connectivity index (χ4n) is 5.79. The number of nitrogens with two attached hydrogens (primary N) is 1. The minimum absolute atomic E-state index is 0.0400. The number of fused-ring (bicyclic) bond motifs is 4.